The number of nitrogens with zero attached hydrogens (tertiary/aromatic N) is 2. The molecule has 1 amide bonds. The highest BCUT2D eigenvalue weighted by atomic mass is 32.1. The van der Waals surface area contributed by atoms with Gasteiger partial charge in [0, 0.05) is 12.8 Å². The molecule has 1 aromatic heterocycles. The second-order valence-electron chi connectivity index (χ2n) is 4.96. The second-order valence-corrected chi connectivity index (χ2v) is 6.03. The van der Waals surface area contributed by atoms with Crippen LogP contribution < -0.4 is 10.1 Å². The largest absolute Gasteiger partial charge is 0.496 e. The minimum atomic E-state index is -0.0518. The first-order valence-corrected chi connectivity index (χ1v) is 8.28. The van der Waals surface area contributed by atoms with Crippen LogP contribution in [-0.4, -0.2) is 23.2 Å². The van der Waals surface area contributed by atoms with Gasteiger partial charge < -0.3 is 10.1 Å². The molecule has 0 radical (unpaired) electrons. The summed E-state index contributed by atoms with van der Waals surface area (Å²) in [6, 6.07) is 7.74. The number of carbonyl (C=O) groups is 1. The highest BCUT2D eigenvalue weighted by Gasteiger charge is 2.09. The lowest BCUT2D eigenvalue weighted by Crippen LogP contribution is -2.12. The van der Waals surface area contributed by atoms with Gasteiger partial charge in [-0.2, -0.15) is 0 Å². The van der Waals surface area contributed by atoms with Crippen molar-refractivity contribution in [2.45, 2.75) is 39.0 Å². The SMILES string of the molecule is CCCCc1nnc(NC(=O)CCc2ccccc2OC)s1. The number of para-hydroxylation sites is 1. The predicted octanol–water partition coefficient (Wildman–Crippen LogP) is 3.46. The molecular formula is C16H21N3O2S. The minimum Gasteiger partial charge on any atom is -0.496 e. The molecule has 5 nitrogen and oxygen atoms in total. The van der Waals surface area contributed by atoms with Crippen molar-refractivity contribution in [1.29, 1.82) is 0 Å². The van der Waals surface area contributed by atoms with Crippen molar-refractivity contribution >= 4 is 22.4 Å². The normalized spacial score (nSPS) is 10.5. The summed E-state index contributed by atoms with van der Waals surface area (Å²) in [4.78, 5) is 12.0. The van der Waals surface area contributed by atoms with Crippen LogP contribution in [-0.2, 0) is 17.6 Å². The second kappa shape index (κ2) is 8.48. The van der Waals surface area contributed by atoms with Crippen LogP contribution in [0.25, 0.3) is 0 Å². The highest BCUT2D eigenvalue weighted by Crippen LogP contribution is 2.20. The first kappa shape index (κ1) is 16.4. The van der Waals surface area contributed by atoms with E-state index in [1.165, 1.54) is 11.3 Å². The third-order valence-corrected chi connectivity index (χ3v) is 4.17. The Labute approximate surface area is 134 Å². The van der Waals surface area contributed by atoms with E-state index in [0.29, 0.717) is 18.0 Å². The Bertz CT molecular complexity index is 613. The zero-order valence-corrected chi connectivity index (χ0v) is 13.8. The summed E-state index contributed by atoms with van der Waals surface area (Å²) in [5, 5.41) is 12.5. The quantitative estimate of drug-likeness (QED) is 0.809. The van der Waals surface area contributed by atoms with E-state index in [4.69, 9.17) is 4.74 Å². The molecule has 0 spiro atoms. The van der Waals surface area contributed by atoms with Gasteiger partial charge in [0.05, 0.1) is 7.11 Å². The third kappa shape index (κ3) is 4.80. The van der Waals surface area contributed by atoms with Crippen LogP contribution in [0.15, 0.2) is 24.3 Å². The molecule has 1 heterocycles. The molecule has 0 fully saturated rings. The average molecular weight is 319 g/mol. The number of nitrogens with one attached hydrogen (secondary N) is 1. The molecule has 0 aliphatic rings. The molecule has 6 heteroatoms. The van der Waals surface area contributed by atoms with Crippen LogP contribution in [0.3, 0.4) is 0 Å². The Balaban J connectivity index is 1.84. The first-order valence-electron chi connectivity index (χ1n) is 7.47. The van der Waals surface area contributed by atoms with Gasteiger partial charge in [-0.3, -0.25) is 4.79 Å². The summed E-state index contributed by atoms with van der Waals surface area (Å²) in [5.74, 6) is 0.761. The molecule has 2 rings (SSSR count). The Hall–Kier alpha value is -1.95. The van der Waals surface area contributed by atoms with Crippen LogP contribution in [0, 0.1) is 0 Å². The number of aromatic nitrogens is 2. The van der Waals surface area contributed by atoms with Gasteiger partial charge in [0.1, 0.15) is 10.8 Å². The molecule has 22 heavy (non-hydrogen) atoms. The summed E-state index contributed by atoms with van der Waals surface area (Å²) < 4.78 is 5.28. The first-order chi connectivity index (χ1) is 10.7. The van der Waals surface area contributed by atoms with E-state index in [2.05, 4.69) is 22.4 Å². The number of methoxy groups -OCH3 is 1. The standard InChI is InChI=1S/C16H21N3O2S/c1-3-4-9-15-18-19-16(22-15)17-14(20)11-10-12-7-5-6-8-13(12)21-2/h5-8H,3-4,9-11H2,1-2H3,(H,17,19,20). The number of rotatable bonds is 8. The molecule has 0 atom stereocenters. The maximum Gasteiger partial charge on any atom is 0.226 e. The van der Waals surface area contributed by atoms with Crippen molar-refractivity contribution in [2.24, 2.45) is 0 Å². The molecule has 0 aliphatic heterocycles. The number of hydrogen-bond acceptors (Lipinski definition) is 5. The number of hydrogen-bond donors (Lipinski definition) is 1. The van der Waals surface area contributed by atoms with E-state index in [9.17, 15) is 4.79 Å². The molecule has 1 N–H and O–H groups in total. The van der Waals surface area contributed by atoms with E-state index in [0.717, 1.165) is 35.6 Å². The van der Waals surface area contributed by atoms with E-state index in [1.807, 2.05) is 24.3 Å². The van der Waals surface area contributed by atoms with Crippen LogP contribution in [0.4, 0.5) is 5.13 Å². The third-order valence-electron chi connectivity index (χ3n) is 3.27. The maximum absolute atomic E-state index is 12.0. The topological polar surface area (TPSA) is 64.1 Å². The Morgan fingerprint density at radius 2 is 2.09 bits per heavy atom. The van der Waals surface area contributed by atoms with Crippen molar-refractivity contribution < 1.29 is 9.53 Å². The van der Waals surface area contributed by atoms with Crippen molar-refractivity contribution in [2.75, 3.05) is 12.4 Å². The van der Waals surface area contributed by atoms with Gasteiger partial charge in [-0.05, 0) is 24.5 Å². The smallest absolute Gasteiger partial charge is 0.226 e. The van der Waals surface area contributed by atoms with Gasteiger partial charge in [0.15, 0.2) is 0 Å². The van der Waals surface area contributed by atoms with Crippen molar-refractivity contribution in [3.8, 4) is 5.75 Å². The van der Waals surface area contributed by atoms with Gasteiger partial charge in [0.2, 0.25) is 11.0 Å². The lowest BCUT2D eigenvalue weighted by molar-refractivity contribution is -0.116. The summed E-state index contributed by atoms with van der Waals surface area (Å²) in [6.45, 7) is 2.14. The lowest BCUT2D eigenvalue weighted by Gasteiger charge is -2.07. The van der Waals surface area contributed by atoms with E-state index in [-0.39, 0.29) is 5.91 Å². The zero-order chi connectivity index (χ0) is 15.8. The Morgan fingerprint density at radius 1 is 1.27 bits per heavy atom. The number of aryl methyl sites for hydroxylation is 2. The Morgan fingerprint density at radius 3 is 2.86 bits per heavy atom. The maximum atomic E-state index is 12.0. The van der Waals surface area contributed by atoms with Gasteiger partial charge >= 0.3 is 0 Å². The highest BCUT2D eigenvalue weighted by molar-refractivity contribution is 7.15. The Kier molecular flexibility index (Phi) is 6.33. The minimum absolute atomic E-state index is 0.0518. The average Bonchev–Trinajstić information content (AvgIpc) is 2.98. The van der Waals surface area contributed by atoms with E-state index < -0.39 is 0 Å². The molecular weight excluding hydrogens is 298 g/mol. The van der Waals surface area contributed by atoms with Crippen molar-refractivity contribution in [3.05, 3.63) is 34.8 Å². The lowest BCUT2D eigenvalue weighted by atomic mass is 10.1. The molecule has 118 valence electrons. The fraction of sp³-hybridized carbons (Fsp3) is 0.438. The zero-order valence-electron chi connectivity index (χ0n) is 13.0. The summed E-state index contributed by atoms with van der Waals surface area (Å²) in [6.07, 6.45) is 4.17. The fourth-order valence-corrected chi connectivity index (χ4v) is 2.87. The van der Waals surface area contributed by atoms with Gasteiger partial charge in [-0.25, -0.2) is 0 Å². The van der Waals surface area contributed by atoms with Crippen LogP contribution in [0.1, 0.15) is 36.8 Å². The molecule has 0 saturated carbocycles. The predicted molar refractivity (Wildman–Crippen MR) is 88.5 cm³/mol. The number of benzene rings is 1. The summed E-state index contributed by atoms with van der Waals surface area (Å²) in [5.41, 5.74) is 1.03. The van der Waals surface area contributed by atoms with E-state index >= 15 is 0 Å². The van der Waals surface area contributed by atoms with E-state index in [1.54, 1.807) is 7.11 Å². The van der Waals surface area contributed by atoms with Crippen LogP contribution in [0.2, 0.25) is 0 Å². The molecule has 0 unspecified atom stereocenters. The summed E-state index contributed by atoms with van der Waals surface area (Å²) >= 11 is 1.45. The van der Waals surface area contributed by atoms with Gasteiger partial charge in [-0.15, -0.1) is 10.2 Å². The van der Waals surface area contributed by atoms with Crippen molar-refractivity contribution in [1.82, 2.24) is 10.2 Å². The number of amides is 1. The van der Waals surface area contributed by atoms with Gasteiger partial charge in [0.25, 0.3) is 0 Å². The van der Waals surface area contributed by atoms with Crippen LogP contribution in [0.5, 0.6) is 5.75 Å². The van der Waals surface area contributed by atoms with Gasteiger partial charge in [-0.1, -0.05) is 42.9 Å². The molecule has 1 aromatic carbocycles. The number of ether oxygens (including phenoxy) is 1. The van der Waals surface area contributed by atoms with Crippen LogP contribution >= 0.6 is 11.3 Å². The number of carbonyl (C=O) groups excluding carboxylic acids is 1. The molecule has 0 bridgehead atoms. The summed E-state index contributed by atoms with van der Waals surface area (Å²) in [7, 11) is 1.64. The molecule has 0 aliphatic carbocycles. The molecule has 0 saturated heterocycles. The molecule has 2 aromatic rings. The monoisotopic (exact) mass is 319 g/mol. The number of unbranched alkanes of at least 4 members (excludes halogenated alkanes) is 1. The number of anilines is 1. The van der Waals surface area contributed by atoms with Crippen molar-refractivity contribution in [3.63, 3.8) is 0 Å². The fourth-order valence-electron chi connectivity index (χ4n) is 2.07.